The van der Waals surface area contributed by atoms with Crippen molar-refractivity contribution in [2.24, 2.45) is 5.41 Å². The number of hydrogen-bond donors (Lipinski definition) is 1. The summed E-state index contributed by atoms with van der Waals surface area (Å²) in [6.45, 7) is 3.87. The minimum absolute atomic E-state index is 0.202. The molecule has 1 aromatic rings. The Kier molecular flexibility index (Phi) is 4.11. The van der Waals surface area contributed by atoms with Crippen molar-refractivity contribution in [3.63, 3.8) is 0 Å². The number of nitrogens with zero attached hydrogens (tertiary/aromatic N) is 1. The molecule has 1 N–H and O–H groups in total. The van der Waals surface area contributed by atoms with Crippen LogP contribution in [0.3, 0.4) is 0 Å². The van der Waals surface area contributed by atoms with E-state index in [-0.39, 0.29) is 5.91 Å². The van der Waals surface area contributed by atoms with Gasteiger partial charge in [-0.2, -0.15) is 5.26 Å². The third kappa shape index (κ3) is 3.80. The zero-order valence-electron chi connectivity index (χ0n) is 10.3. The Balaban J connectivity index is 2.68. The first-order chi connectivity index (χ1) is 7.98. The van der Waals surface area contributed by atoms with E-state index in [0.717, 1.165) is 0 Å². The number of rotatable bonds is 4. The van der Waals surface area contributed by atoms with E-state index < -0.39 is 5.41 Å². The summed E-state index contributed by atoms with van der Waals surface area (Å²) in [5.41, 5.74) is -0.0350. The van der Waals surface area contributed by atoms with Crippen molar-refractivity contribution in [2.75, 3.05) is 13.7 Å². The third-order valence-electron chi connectivity index (χ3n) is 2.33. The lowest BCUT2D eigenvalue weighted by Gasteiger charge is -2.15. The summed E-state index contributed by atoms with van der Waals surface area (Å²) < 4.78 is 5.04. The Bertz CT molecular complexity index is 447. The van der Waals surface area contributed by atoms with Crippen molar-refractivity contribution in [2.45, 2.75) is 13.8 Å². The van der Waals surface area contributed by atoms with Crippen LogP contribution in [0.4, 0.5) is 0 Å². The van der Waals surface area contributed by atoms with E-state index >= 15 is 0 Å². The van der Waals surface area contributed by atoms with Crippen molar-refractivity contribution in [3.05, 3.63) is 29.8 Å². The van der Waals surface area contributed by atoms with Crippen molar-refractivity contribution in [1.29, 1.82) is 5.26 Å². The topological polar surface area (TPSA) is 62.1 Å². The van der Waals surface area contributed by atoms with Crippen molar-refractivity contribution >= 4 is 5.91 Å². The highest BCUT2D eigenvalue weighted by molar-refractivity contribution is 5.94. The quantitative estimate of drug-likeness (QED) is 0.863. The van der Waals surface area contributed by atoms with Gasteiger partial charge in [-0.15, -0.1) is 0 Å². The molecule has 17 heavy (non-hydrogen) atoms. The molecule has 1 aromatic carbocycles. The predicted molar refractivity (Wildman–Crippen MR) is 64.7 cm³/mol. The molecule has 0 saturated heterocycles. The Morgan fingerprint density at radius 2 is 2.24 bits per heavy atom. The number of hydrogen-bond acceptors (Lipinski definition) is 3. The Hall–Kier alpha value is -2.02. The fourth-order valence-corrected chi connectivity index (χ4v) is 1.21. The molecule has 0 atom stereocenters. The van der Waals surface area contributed by atoms with E-state index in [1.165, 1.54) is 0 Å². The van der Waals surface area contributed by atoms with Gasteiger partial charge in [-0.3, -0.25) is 4.79 Å². The molecule has 90 valence electrons. The summed E-state index contributed by atoms with van der Waals surface area (Å²) in [6, 6.07) is 9.03. The van der Waals surface area contributed by atoms with E-state index in [4.69, 9.17) is 10.00 Å². The van der Waals surface area contributed by atoms with Gasteiger partial charge in [0.05, 0.1) is 18.6 Å². The maximum absolute atomic E-state index is 11.8. The van der Waals surface area contributed by atoms with Crippen molar-refractivity contribution in [3.8, 4) is 11.8 Å². The molecule has 0 aliphatic heterocycles. The van der Waals surface area contributed by atoms with Gasteiger partial charge in [-0.25, -0.2) is 0 Å². The second-order valence-electron chi connectivity index (χ2n) is 4.41. The molecular weight excluding hydrogens is 216 g/mol. The van der Waals surface area contributed by atoms with Crippen molar-refractivity contribution < 1.29 is 9.53 Å². The summed E-state index contributed by atoms with van der Waals surface area (Å²) in [7, 11) is 1.55. The van der Waals surface area contributed by atoms with Crippen LogP contribution in [-0.2, 0) is 0 Å². The standard InChI is InChI=1S/C13H16N2O2/c1-13(2,8-14)9-15-12(16)10-5-4-6-11(7-10)17-3/h4-7H,9H2,1-3H3,(H,15,16). The van der Waals surface area contributed by atoms with E-state index in [1.807, 2.05) is 0 Å². The number of nitriles is 1. The smallest absolute Gasteiger partial charge is 0.251 e. The molecule has 0 bridgehead atoms. The van der Waals surface area contributed by atoms with Gasteiger partial charge >= 0.3 is 0 Å². The number of carbonyl (C=O) groups excluding carboxylic acids is 1. The molecule has 4 nitrogen and oxygen atoms in total. The molecule has 0 aliphatic rings. The van der Waals surface area contributed by atoms with Crippen molar-refractivity contribution in [1.82, 2.24) is 5.32 Å². The lowest BCUT2D eigenvalue weighted by atomic mass is 9.96. The van der Waals surface area contributed by atoms with Gasteiger partial charge in [-0.1, -0.05) is 6.07 Å². The Morgan fingerprint density at radius 3 is 2.82 bits per heavy atom. The van der Waals surface area contributed by atoms with Crippen LogP contribution in [0.2, 0.25) is 0 Å². The van der Waals surface area contributed by atoms with Gasteiger partial charge in [0.1, 0.15) is 5.75 Å². The molecule has 1 rings (SSSR count). The summed E-state index contributed by atoms with van der Waals surface area (Å²) >= 11 is 0. The highest BCUT2D eigenvalue weighted by Crippen LogP contribution is 2.14. The minimum Gasteiger partial charge on any atom is -0.497 e. The van der Waals surface area contributed by atoms with Crippen LogP contribution in [0.25, 0.3) is 0 Å². The Morgan fingerprint density at radius 1 is 1.53 bits per heavy atom. The van der Waals surface area contributed by atoms with E-state index in [2.05, 4.69) is 11.4 Å². The molecule has 0 spiro atoms. The number of benzene rings is 1. The fraction of sp³-hybridized carbons (Fsp3) is 0.385. The summed E-state index contributed by atoms with van der Waals surface area (Å²) in [5, 5.41) is 11.6. The lowest BCUT2D eigenvalue weighted by molar-refractivity contribution is 0.0943. The first-order valence-electron chi connectivity index (χ1n) is 5.32. The summed E-state index contributed by atoms with van der Waals surface area (Å²) in [5.74, 6) is 0.435. The maximum Gasteiger partial charge on any atom is 0.251 e. The largest absolute Gasteiger partial charge is 0.497 e. The van der Waals surface area contributed by atoms with Crippen LogP contribution in [0.1, 0.15) is 24.2 Å². The van der Waals surface area contributed by atoms with Gasteiger partial charge in [0, 0.05) is 12.1 Å². The van der Waals surface area contributed by atoms with Crippen LogP contribution in [0, 0.1) is 16.7 Å². The number of nitrogens with one attached hydrogen (secondary N) is 1. The fourth-order valence-electron chi connectivity index (χ4n) is 1.21. The van der Waals surface area contributed by atoms with Gasteiger partial charge in [0.2, 0.25) is 0 Å². The van der Waals surface area contributed by atoms with Gasteiger partial charge in [0.25, 0.3) is 5.91 Å². The van der Waals surface area contributed by atoms with Gasteiger partial charge in [0.15, 0.2) is 0 Å². The summed E-state index contributed by atoms with van der Waals surface area (Å²) in [6.07, 6.45) is 0. The van der Waals surface area contributed by atoms with Crippen LogP contribution in [-0.4, -0.2) is 19.6 Å². The van der Waals surface area contributed by atoms with Crippen LogP contribution < -0.4 is 10.1 Å². The summed E-state index contributed by atoms with van der Waals surface area (Å²) in [4.78, 5) is 11.8. The first-order valence-corrected chi connectivity index (χ1v) is 5.32. The van der Waals surface area contributed by atoms with Gasteiger partial charge in [-0.05, 0) is 32.0 Å². The number of amides is 1. The molecule has 0 radical (unpaired) electrons. The SMILES string of the molecule is COc1cccc(C(=O)NCC(C)(C)C#N)c1. The molecule has 4 heteroatoms. The zero-order valence-corrected chi connectivity index (χ0v) is 10.3. The van der Waals surface area contributed by atoms with Gasteiger partial charge < -0.3 is 10.1 Å². The predicted octanol–water partition coefficient (Wildman–Crippen LogP) is 1.97. The average molecular weight is 232 g/mol. The maximum atomic E-state index is 11.8. The Labute approximate surface area is 101 Å². The minimum atomic E-state index is -0.561. The highest BCUT2D eigenvalue weighted by Gasteiger charge is 2.18. The zero-order chi connectivity index (χ0) is 12.9. The number of ether oxygens (including phenoxy) is 1. The van der Waals surface area contributed by atoms with E-state index in [1.54, 1.807) is 45.2 Å². The third-order valence-corrected chi connectivity index (χ3v) is 2.33. The first kappa shape index (κ1) is 13.0. The molecule has 0 saturated carbocycles. The average Bonchev–Trinajstić information content (AvgIpc) is 2.36. The van der Waals surface area contributed by atoms with E-state index in [9.17, 15) is 4.79 Å². The van der Waals surface area contributed by atoms with Crippen LogP contribution in [0.5, 0.6) is 5.75 Å². The second kappa shape index (κ2) is 5.35. The normalized spacial score (nSPS) is 10.5. The molecule has 0 aliphatic carbocycles. The molecule has 0 heterocycles. The van der Waals surface area contributed by atoms with E-state index in [0.29, 0.717) is 17.9 Å². The second-order valence-corrected chi connectivity index (χ2v) is 4.41. The molecule has 0 aromatic heterocycles. The molecule has 0 unspecified atom stereocenters. The monoisotopic (exact) mass is 232 g/mol. The molecular formula is C13H16N2O2. The molecule has 1 amide bonds. The van der Waals surface area contributed by atoms with Crippen LogP contribution in [0.15, 0.2) is 24.3 Å². The highest BCUT2D eigenvalue weighted by atomic mass is 16.5. The number of carbonyl (C=O) groups is 1. The number of methoxy groups -OCH3 is 1. The lowest BCUT2D eigenvalue weighted by Crippen LogP contribution is -2.33. The van der Waals surface area contributed by atoms with Crippen LogP contribution >= 0.6 is 0 Å². The molecule has 0 fully saturated rings.